The van der Waals surface area contributed by atoms with E-state index in [0.717, 1.165) is 22.3 Å². The molecular weight excluding hydrogens is 608 g/mol. The van der Waals surface area contributed by atoms with E-state index in [9.17, 15) is 19.8 Å². The molecule has 0 aromatic heterocycles. The highest BCUT2D eigenvalue weighted by Crippen LogP contribution is 2.35. The molecule has 2 amide bonds. The summed E-state index contributed by atoms with van der Waals surface area (Å²) in [5, 5.41) is 31.1. The van der Waals surface area contributed by atoms with E-state index in [2.05, 4.69) is 10.6 Å². The highest BCUT2D eigenvalue weighted by Gasteiger charge is 2.46. The Morgan fingerprint density at radius 3 is 0.898 bits per heavy atom. The van der Waals surface area contributed by atoms with Crippen molar-refractivity contribution in [2.24, 2.45) is 10.8 Å². The van der Waals surface area contributed by atoms with Crippen LogP contribution in [0.1, 0.15) is 70.2 Å². The molecule has 4 rings (SSSR count). The van der Waals surface area contributed by atoms with Crippen molar-refractivity contribution in [1.82, 2.24) is 10.6 Å². The summed E-state index contributed by atoms with van der Waals surface area (Å²) in [6.45, 7) is 11.9. The smallest absolute Gasteiger partial charge is 0.229 e. The summed E-state index contributed by atoms with van der Waals surface area (Å²) < 4.78 is 0. The van der Waals surface area contributed by atoms with E-state index in [1.54, 1.807) is 0 Å². The van der Waals surface area contributed by atoms with Gasteiger partial charge in [0, 0.05) is 25.7 Å². The zero-order valence-electron chi connectivity index (χ0n) is 29.9. The molecule has 0 aliphatic rings. The van der Waals surface area contributed by atoms with Crippen LogP contribution >= 0.6 is 0 Å². The Bertz CT molecular complexity index is 1400. The van der Waals surface area contributed by atoms with Crippen molar-refractivity contribution in [3.05, 3.63) is 144 Å². The second-order valence-electron chi connectivity index (χ2n) is 15.8. The zero-order valence-corrected chi connectivity index (χ0v) is 29.9. The summed E-state index contributed by atoms with van der Waals surface area (Å²) in [6, 6.07) is 37.7. The van der Waals surface area contributed by atoms with Gasteiger partial charge in [0.15, 0.2) is 0 Å². The van der Waals surface area contributed by atoms with E-state index >= 15 is 0 Å². The van der Waals surface area contributed by atoms with Gasteiger partial charge in [-0.15, -0.1) is 0 Å². The number of hydrogen-bond donors (Lipinski definition) is 4. The van der Waals surface area contributed by atoms with E-state index in [1.165, 1.54) is 0 Å². The van der Waals surface area contributed by atoms with Crippen LogP contribution in [0.15, 0.2) is 121 Å². The number of carbonyl (C=O) groups is 2. The third-order valence-corrected chi connectivity index (χ3v) is 9.15. The average molecular weight is 663 g/mol. The summed E-state index contributed by atoms with van der Waals surface area (Å²) >= 11 is 0. The average Bonchev–Trinajstić information content (AvgIpc) is 3.03. The van der Waals surface area contributed by atoms with Crippen molar-refractivity contribution < 1.29 is 19.8 Å². The molecule has 4 aromatic carbocycles. The van der Waals surface area contributed by atoms with Gasteiger partial charge in [0.2, 0.25) is 11.8 Å². The molecule has 0 aliphatic carbocycles. The Balaban J connectivity index is 1.59. The van der Waals surface area contributed by atoms with Crippen LogP contribution in [0.5, 0.6) is 0 Å². The van der Waals surface area contributed by atoms with E-state index in [0.29, 0.717) is 25.7 Å². The molecule has 0 spiro atoms. The third kappa shape index (κ3) is 10.9. The Hall–Kier alpha value is -4.26. The van der Waals surface area contributed by atoms with Crippen LogP contribution in [0, 0.1) is 10.8 Å². The van der Waals surface area contributed by atoms with Crippen LogP contribution < -0.4 is 10.6 Å². The number of carbonyl (C=O) groups excluding carboxylic acids is 2. The minimum atomic E-state index is -1.35. The molecule has 260 valence electrons. The van der Waals surface area contributed by atoms with Gasteiger partial charge in [-0.05, 0) is 33.1 Å². The van der Waals surface area contributed by atoms with Crippen LogP contribution in [-0.4, -0.2) is 45.3 Å². The first-order valence-corrected chi connectivity index (χ1v) is 17.3. The zero-order chi connectivity index (χ0) is 35.7. The number of aliphatic hydroxyl groups is 2. The molecule has 4 N–H and O–H groups in total. The number of nitrogens with one attached hydrogen (secondary N) is 2. The van der Waals surface area contributed by atoms with Crippen molar-refractivity contribution in [3.63, 3.8) is 0 Å². The van der Waals surface area contributed by atoms with Crippen LogP contribution in [0.2, 0.25) is 0 Å². The summed E-state index contributed by atoms with van der Waals surface area (Å²) in [4.78, 5) is 27.6. The first-order chi connectivity index (χ1) is 23.1. The van der Waals surface area contributed by atoms with Crippen LogP contribution in [-0.2, 0) is 35.3 Å². The van der Waals surface area contributed by atoms with Crippen LogP contribution in [0.25, 0.3) is 0 Å². The lowest BCUT2D eigenvalue weighted by molar-refractivity contribution is -0.135. The summed E-state index contributed by atoms with van der Waals surface area (Å²) in [7, 11) is 0. The third-order valence-electron chi connectivity index (χ3n) is 9.15. The van der Waals surface area contributed by atoms with Crippen LogP contribution in [0.3, 0.4) is 0 Å². The Labute approximate surface area is 293 Å². The maximum absolute atomic E-state index is 13.8. The van der Waals surface area contributed by atoms with Crippen molar-refractivity contribution in [3.8, 4) is 0 Å². The fourth-order valence-electron chi connectivity index (χ4n) is 7.21. The van der Waals surface area contributed by atoms with Gasteiger partial charge in [-0.25, -0.2) is 0 Å². The van der Waals surface area contributed by atoms with Gasteiger partial charge < -0.3 is 20.8 Å². The number of amides is 2. The summed E-state index contributed by atoms with van der Waals surface area (Å²) in [6.07, 6.45) is 0.813. The molecule has 0 bridgehead atoms. The normalized spacial score (nSPS) is 13.7. The van der Waals surface area contributed by atoms with Crippen molar-refractivity contribution in [1.29, 1.82) is 0 Å². The number of rotatable bonds is 14. The molecule has 0 saturated carbocycles. The number of hydrogen-bond acceptors (Lipinski definition) is 4. The Morgan fingerprint density at radius 2 is 0.694 bits per heavy atom. The van der Waals surface area contributed by atoms with E-state index in [4.69, 9.17) is 0 Å². The molecule has 2 unspecified atom stereocenters. The Kier molecular flexibility index (Phi) is 12.2. The monoisotopic (exact) mass is 662 g/mol. The topological polar surface area (TPSA) is 98.7 Å². The summed E-state index contributed by atoms with van der Waals surface area (Å²) in [5.74, 6) is -0.974. The van der Waals surface area contributed by atoms with Gasteiger partial charge in [-0.2, -0.15) is 0 Å². The number of benzene rings is 4. The fourth-order valence-corrected chi connectivity index (χ4v) is 7.21. The van der Waals surface area contributed by atoms with Gasteiger partial charge in [0.25, 0.3) is 0 Å². The molecular formula is C43H54N2O4. The lowest BCUT2D eigenvalue weighted by Gasteiger charge is -2.45. The molecule has 0 fully saturated rings. The predicted molar refractivity (Wildman–Crippen MR) is 198 cm³/mol. The minimum Gasteiger partial charge on any atom is -0.387 e. The van der Waals surface area contributed by atoms with E-state index in [1.807, 2.05) is 163 Å². The molecule has 0 heterocycles. The van der Waals surface area contributed by atoms with E-state index < -0.39 is 52.4 Å². The van der Waals surface area contributed by atoms with Gasteiger partial charge >= 0.3 is 0 Å². The lowest BCUT2D eigenvalue weighted by atomic mass is 9.70. The highest BCUT2D eigenvalue weighted by atomic mass is 16.3. The molecule has 0 aliphatic heterocycles. The van der Waals surface area contributed by atoms with Crippen molar-refractivity contribution in [2.75, 3.05) is 0 Å². The minimum absolute atomic E-state index is 0.315. The van der Waals surface area contributed by atoms with Gasteiger partial charge in [0.1, 0.15) is 6.42 Å². The molecule has 0 saturated heterocycles. The van der Waals surface area contributed by atoms with Crippen molar-refractivity contribution in [2.45, 2.75) is 96.9 Å². The second-order valence-corrected chi connectivity index (χ2v) is 15.8. The quantitative estimate of drug-likeness (QED) is 0.111. The molecule has 4 aromatic rings. The molecule has 49 heavy (non-hydrogen) atoms. The summed E-state index contributed by atoms with van der Waals surface area (Å²) in [5.41, 5.74) is -0.0110. The van der Waals surface area contributed by atoms with Gasteiger partial charge in [-0.1, -0.05) is 163 Å². The van der Waals surface area contributed by atoms with Gasteiger partial charge in [0.05, 0.1) is 23.3 Å². The largest absolute Gasteiger partial charge is 0.387 e. The van der Waals surface area contributed by atoms with Crippen LogP contribution in [0.4, 0.5) is 0 Å². The van der Waals surface area contributed by atoms with Gasteiger partial charge in [-0.3, -0.25) is 9.59 Å². The first kappa shape index (κ1) is 37.6. The highest BCUT2D eigenvalue weighted by molar-refractivity contribution is 5.97. The maximum Gasteiger partial charge on any atom is 0.229 e. The molecule has 2 atom stereocenters. The van der Waals surface area contributed by atoms with E-state index in [-0.39, 0.29) is 0 Å². The molecule has 6 nitrogen and oxygen atoms in total. The first-order valence-electron chi connectivity index (χ1n) is 17.3. The molecule has 6 heteroatoms. The molecule has 0 radical (unpaired) electrons. The van der Waals surface area contributed by atoms with Crippen molar-refractivity contribution >= 4 is 11.8 Å². The second kappa shape index (κ2) is 16.0. The fraction of sp³-hybridized carbons (Fsp3) is 0.395. The lowest BCUT2D eigenvalue weighted by Crippen LogP contribution is -2.62. The Morgan fingerprint density at radius 1 is 0.469 bits per heavy atom. The predicted octanol–water partition coefficient (Wildman–Crippen LogP) is 6.87. The SMILES string of the molecule is CC(C)(C)C(NC(=O)CC(=O)NC(C(C)(C)C)C(O)(Cc1ccccc1)Cc1ccccc1)C(O)(Cc1ccccc1)Cc1ccccc1. The standard InChI is InChI=1S/C43H54N2O4/c1-40(2,3)38(42(48,28-32-19-11-7-12-20-32)29-33-21-13-8-14-22-33)44-36(46)27-37(47)45-39(41(4,5)6)43(49,30-34-23-15-9-16-24-34)31-35-25-17-10-18-26-35/h7-26,38-39,48-49H,27-31H2,1-6H3,(H,44,46)(H,45,47). The maximum atomic E-state index is 13.8.